The second-order valence-electron chi connectivity index (χ2n) is 7.15. The van der Waals surface area contributed by atoms with Gasteiger partial charge in [-0.2, -0.15) is 0 Å². The van der Waals surface area contributed by atoms with E-state index in [2.05, 4.69) is 30.9 Å². The monoisotopic (exact) mass is 403 g/mol. The molecule has 0 aliphatic heterocycles. The van der Waals surface area contributed by atoms with Gasteiger partial charge in [0, 0.05) is 6.54 Å². The Morgan fingerprint density at radius 3 is 1.97 bits per heavy atom. The Balaban J connectivity index is 1.47. The summed E-state index contributed by atoms with van der Waals surface area (Å²) in [5.41, 5.74) is 3.86. The van der Waals surface area contributed by atoms with Crippen molar-refractivity contribution in [1.29, 1.82) is 0 Å². The molecule has 0 amide bonds. The maximum atomic E-state index is 12.3. The predicted molar refractivity (Wildman–Crippen MR) is 119 cm³/mol. The molecule has 0 saturated heterocycles. The van der Waals surface area contributed by atoms with Crippen LogP contribution in [0.4, 0.5) is 0 Å². The maximum absolute atomic E-state index is 12.3. The first kappa shape index (κ1) is 21.6. The van der Waals surface area contributed by atoms with Gasteiger partial charge in [-0.15, -0.1) is 0 Å². The quantitative estimate of drug-likeness (QED) is 0.421. The van der Waals surface area contributed by atoms with Crippen molar-refractivity contribution < 1.29 is 14.3 Å². The van der Waals surface area contributed by atoms with E-state index in [0.717, 1.165) is 36.5 Å². The molecule has 0 bridgehead atoms. The summed E-state index contributed by atoms with van der Waals surface area (Å²) in [5, 5.41) is 0. The van der Waals surface area contributed by atoms with Crippen LogP contribution in [0.5, 0.6) is 5.75 Å². The van der Waals surface area contributed by atoms with E-state index in [4.69, 9.17) is 9.47 Å². The maximum Gasteiger partial charge on any atom is 0.338 e. The third kappa shape index (κ3) is 6.46. The van der Waals surface area contributed by atoms with Crippen LogP contribution in [0.1, 0.15) is 40.9 Å². The zero-order valence-electron chi connectivity index (χ0n) is 17.7. The lowest BCUT2D eigenvalue weighted by Crippen LogP contribution is -2.22. The molecule has 4 nitrogen and oxygen atoms in total. The molecule has 0 spiro atoms. The number of benzene rings is 3. The number of hydrogen-bond acceptors (Lipinski definition) is 4. The Morgan fingerprint density at radius 2 is 1.33 bits per heavy atom. The van der Waals surface area contributed by atoms with Gasteiger partial charge in [-0.3, -0.25) is 4.90 Å². The standard InChI is InChI=1S/C26H29NO3/c1-3-27(4-2)18-21-10-12-23(13-11-21)20-30-26(28)24-14-16-25(17-15-24)29-19-22-8-6-5-7-9-22/h5-17H,3-4,18-20H2,1-2H3. The molecule has 0 fully saturated rings. The van der Waals surface area contributed by atoms with Crippen LogP contribution < -0.4 is 4.74 Å². The molecule has 0 aromatic heterocycles. The average molecular weight is 404 g/mol. The van der Waals surface area contributed by atoms with Crippen molar-refractivity contribution in [2.75, 3.05) is 13.1 Å². The third-order valence-electron chi connectivity index (χ3n) is 5.03. The molecule has 0 radical (unpaired) electrons. The Bertz CT molecular complexity index is 901. The second-order valence-corrected chi connectivity index (χ2v) is 7.15. The van der Waals surface area contributed by atoms with Gasteiger partial charge in [0.1, 0.15) is 19.0 Å². The number of rotatable bonds is 10. The van der Waals surface area contributed by atoms with Crippen LogP contribution in [0.2, 0.25) is 0 Å². The Kier molecular flexibility index (Phi) is 8.04. The van der Waals surface area contributed by atoms with Crippen LogP contribution in [0.25, 0.3) is 0 Å². The minimum Gasteiger partial charge on any atom is -0.489 e. The second kappa shape index (κ2) is 11.2. The van der Waals surface area contributed by atoms with Crippen LogP contribution in [-0.4, -0.2) is 24.0 Å². The van der Waals surface area contributed by atoms with Gasteiger partial charge in [0.2, 0.25) is 0 Å². The van der Waals surface area contributed by atoms with Crippen LogP contribution in [0.3, 0.4) is 0 Å². The summed E-state index contributed by atoms with van der Waals surface area (Å²) in [6.45, 7) is 8.09. The van der Waals surface area contributed by atoms with E-state index < -0.39 is 0 Å². The molecule has 3 aromatic rings. The minimum absolute atomic E-state index is 0.261. The number of esters is 1. The van der Waals surface area contributed by atoms with E-state index in [0.29, 0.717) is 12.2 Å². The fourth-order valence-electron chi connectivity index (χ4n) is 3.11. The van der Waals surface area contributed by atoms with Crippen LogP contribution in [0, 0.1) is 0 Å². The summed E-state index contributed by atoms with van der Waals surface area (Å²) < 4.78 is 11.2. The van der Waals surface area contributed by atoms with Gasteiger partial charge in [-0.1, -0.05) is 68.4 Å². The number of nitrogens with zero attached hydrogens (tertiary/aromatic N) is 1. The highest BCUT2D eigenvalue weighted by Crippen LogP contribution is 2.16. The van der Waals surface area contributed by atoms with Crippen molar-refractivity contribution in [3.63, 3.8) is 0 Å². The number of ether oxygens (including phenoxy) is 2. The zero-order chi connectivity index (χ0) is 21.2. The first-order valence-electron chi connectivity index (χ1n) is 10.4. The smallest absolute Gasteiger partial charge is 0.338 e. The molecule has 0 aliphatic rings. The van der Waals surface area contributed by atoms with Gasteiger partial charge in [0.15, 0.2) is 0 Å². The molecule has 0 saturated carbocycles. The average Bonchev–Trinajstić information content (AvgIpc) is 2.81. The highest BCUT2D eigenvalue weighted by atomic mass is 16.5. The van der Waals surface area contributed by atoms with E-state index in [9.17, 15) is 4.79 Å². The van der Waals surface area contributed by atoms with Gasteiger partial charge in [-0.25, -0.2) is 4.79 Å². The van der Waals surface area contributed by atoms with Crippen molar-refractivity contribution in [3.05, 3.63) is 101 Å². The fraction of sp³-hybridized carbons (Fsp3) is 0.269. The SMILES string of the molecule is CCN(CC)Cc1ccc(COC(=O)c2ccc(OCc3ccccc3)cc2)cc1. The van der Waals surface area contributed by atoms with Crippen molar-refractivity contribution in [1.82, 2.24) is 4.90 Å². The van der Waals surface area contributed by atoms with E-state index in [1.807, 2.05) is 42.5 Å². The molecule has 0 unspecified atom stereocenters. The first-order valence-corrected chi connectivity index (χ1v) is 10.4. The molecule has 3 rings (SSSR count). The van der Waals surface area contributed by atoms with Gasteiger partial charge in [0.05, 0.1) is 5.56 Å². The summed E-state index contributed by atoms with van der Waals surface area (Å²) in [5.74, 6) is 0.385. The van der Waals surface area contributed by atoms with E-state index in [1.165, 1.54) is 5.56 Å². The minimum atomic E-state index is -0.336. The lowest BCUT2D eigenvalue weighted by atomic mass is 10.1. The number of carbonyl (C=O) groups excluding carboxylic acids is 1. The van der Waals surface area contributed by atoms with Gasteiger partial charge in [-0.05, 0) is 54.0 Å². The third-order valence-corrected chi connectivity index (χ3v) is 5.03. The van der Waals surface area contributed by atoms with Gasteiger partial charge < -0.3 is 9.47 Å². The molecule has 0 aliphatic carbocycles. The summed E-state index contributed by atoms with van der Waals surface area (Å²) in [4.78, 5) is 14.7. The van der Waals surface area contributed by atoms with Crippen LogP contribution in [-0.2, 0) is 24.5 Å². The summed E-state index contributed by atoms with van der Waals surface area (Å²) in [6, 6.07) is 25.3. The van der Waals surface area contributed by atoms with E-state index in [-0.39, 0.29) is 12.6 Å². The van der Waals surface area contributed by atoms with E-state index >= 15 is 0 Å². The van der Waals surface area contributed by atoms with Crippen molar-refractivity contribution in [2.24, 2.45) is 0 Å². The summed E-state index contributed by atoms with van der Waals surface area (Å²) in [6.07, 6.45) is 0. The van der Waals surface area contributed by atoms with Gasteiger partial charge >= 0.3 is 5.97 Å². The highest BCUT2D eigenvalue weighted by Gasteiger charge is 2.08. The Morgan fingerprint density at radius 1 is 0.733 bits per heavy atom. The Hall–Kier alpha value is -3.11. The zero-order valence-corrected chi connectivity index (χ0v) is 17.7. The molecule has 0 heterocycles. The van der Waals surface area contributed by atoms with Crippen LogP contribution in [0.15, 0.2) is 78.9 Å². The first-order chi connectivity index (χ1) is 14.7. The van der Waals surface area contributed by atoms with Crippen LogP contribution >= 0.6 is 0 Å². The molecule has 0 N–H and O–H groups in total. The lowest BCUT2D eigenvalue weighted by molar-refractivity contribution is 0.0472. The summed E-state index contributed by atoms with van der Waals surface area (Å²) >= 11 is 0. The molecular formula is C26H29NO3. The molecule has 0 atom stereocenters. The number of carbonyl (C=O) groups is 1. The molecular weight excluding hydrogens is 374 g/mol. The molecule has 156 valence electrons. The van der Waals surface area contributed by atoms with Crippen molar-refractivity contribution in [2.45, 2.75) is 33.6 Å². The normalized spacial score (nSPS) is 10.8. The molecule has 3 aromatic carbocycles. The summed E-state index contributed by atoms with van der Waals surface area (Å²) in [7, 11) is 0. The van der Waals surface area contributed by atoms with Crippen molar-refractivity contribution in [3.8, 4) is 5.75 Å². The van der Waals surface area contributed by atoms with E-state index in [1.54, 1.807) is 24.3 Å². The topological polar surface area (TPSA) is 38.8 Å². The number of hydrogen-bond donors (Lipinski definition) is 0. The highest BCUT2D eigenvalue weighted by molar-refractivity contribution is 5.89. The lowest BCUT2D eigenvalue weighted by Gasteiger charge is -2.18. The predicted octanol–water partition coefficient (Wildman–Crippen LogP) is 5.46. The molecule has 4 heteroatoms. The molecule has 30 heavy (non-hydrogen) atoms. The Labute approximate surface area is 179 Å². The van der Waals surface area contributed by atoms with Gasteiger partial charge in [0.25, 0.3) is 0 Å². The fourth-order valence-corrected chi connectivity index (χ4v) is 3.11. The largest absolute Gasteiger partial charge is 0.489 e. The van der Waals surface area contributed by atoms with Crippen molar-refractivity contribution >= 4 is 5.97 Å².